The van der Waals surface area contributed by atoms with Gasteiger partial charge in [0.25, 0.3) is 0 Å². The van der Waals surface area contributed by atoms with Gasteiger partial charge in [-0.3, -0.25) is 0 Å². The molecule has 0 fully saturated rings. The van der Waals surface area contributed by atoms with Gasteiger partial charge in [-0.25, -0.2) is 13.4 Å². The molecule has 21 heavy (non-hydrogen) atoms. The molecule has 2 aromatic carbocycles. The molecule has 0 saturated heterocycles. The number of thiazole rings is 1. The van der Waals surface area contributed by atoms with Crippen molar-refractivity contribution in [3.63, 3.8) is 0 Å². The lowest BCUT2D eigenvalue weighted by Gasteiger charge is -2.09. The van der Waals surface area contributed by atoms with Crippen molar-refractivity contribution < 1.29 is 13.2 Å². The Hall–Kier alpha value is -2.12. The molecule has 0 bridgehead atoms. The van der Waals surface area contributed by atoms with Gasteiger partial charge in [0.15, 0.2) is 15.6 Å². The van der Waals surface area contributed by atoms with Crippen LogP contribution in [-0.2, 0) is 9.84 Å². The minimum absolute atomic E-state index is 0.248. The quantitative estimate of drug-likeness (QED) is 0.750. The zero-order valence-electron chi connectivity index (χ0n) is 11.1. The normalized spacial score (nSPS) is 11.7. The Morgan fingerprint density at radius 1 is 1.14 bits per heavy atom. The van der Waals surface area contributed by atoms with E-state index in [0.717, 1.165) is 11.0 Å². The minimum Gasteiger partial charge on any atom is -0.455 e. The number of hydrogen-bond donors (Lipinski definition) is 1. The van der Waals surface area contributed by atoms with E-state index in [0.29, 0.717) is 22.7 Å². The van der Waals surface area contributed by atoms with Gasteiger partial charge in [0.05, 0.1) is 15.1 Å². The largest absolute Gasteiger partial charge is 0.455 e. The van der Waals surface area contributed by atoms with Gasteiger partial charge in [-0.2, -0.15) is 0 Å². The molecule has 0 spiro atoms. The van der Waals surface area contributed by atoms with Crippen molar-refractivity contribution in [3.8, 4) is 11.5 Å². The van der Waals surface area contributed by atoms with Gasteiger partial charge in [0, 0.05) is 6.26 Å². The second-order valence-electron chi connectivity index (χ2n) is 4.52. The molecule has 0 unspecified atom stereocenters. The first-order chi connectivity index (χ1) is 9.95. The van der Waals surface area contributed by atoms with Gasteiger partial charge < -0.3 is 10.5 Å². The Morgan fingerprint density at radius 2 is 1.86 bits per heavy atom. The molecule has 7 heteroatoms. The fourth-order valence-electron chi connectivity index (χ4n) is 1.90. The van der Waals surface area contributed by atoms with Crippen molar-refractivity contribution in [2.24, 2.45) is 0 Å². The molecule has 2 N–H and O–H groups in total. The third-order valence-corrected chi connectivity index (χ3v) is 4.90. The average molecular weight is 320 g/mol. The molecule has 0 aliphatic heterocycles. The molecule has 1 heterocycles. The van der Waals surface area contributed by atoms with E-state index in [1.807, 2.05) is 6.07 Å². The Labute approximate surface area is 125 Å². The van der Waals surface area contributed by atoms with Crippen molar-refractivity contribution in [1.82, 2.24) is 4.98 Å². The Balaban J connectivity index is 1.93. The summed E-state index contributed by atoms with van der Waals surface area (Å²) < 4.78 is 29.5. The van der Waals surface area contributed by atoms with E-state index in [4.69, 9.17) is 10.5 Å². The summed E-state index contributed by atoms with van der Waals surface area (Å²) in [5.74, 6) is 1.02. The molecular weight excluding hydrogens is 308 g/mol. The molecule has 3 rings (SSSR count). The highest BCUT2D eigenvalue weighted by Crippen LogP contribution is 2.34. The SMILES string of the molecule is CS(=O)(=O)c1ccc(Oc2ccc3scnc3c2N)cc1. The number of sulfone groups is 1. The van der Waals surface area contributed by atoms with E-state index in [2.05, 4.69) is 4.98 Å². The van der Waals surface area contributed by atoms with Crippen LogP contribution in [0.1, 0.15) is 0 Å². The molecule has 0 radical (unpaired) electrons. The molecule has 108 valence electrons. The van der Waals surface area contributed by atoms with Crippen LogP contribution in [0, 0.1) is 0 Å². The van der Waals surface area contributed by atoms with Crippen LogP contribution in [0.3, 0.4) is 0 Å². The molecule has 0 amide bonds. The molecule has 0 saturated carbocycles. The van der Waals surface area contributed by atoms with Gasteiger partial charge in [-0.15, -0.1) is 11.3 Å². The molecule has 3 aromatic rings. The van der Waals surface area contributed by atoms with Crippen molar-refractivity contribution in [2.75, 3.05) is 12.0 Å². The van der Waals surface area contributed by atoms with E-state index in [1.165, 1.54) is 23.5 Å². The second-order valence-corrected chi connectivity index (χ2v) is 7.42. The van der Waals surface area contributed by atoms with Crippen LogP contribution in [0.15, 0.2) is 46.8 Å². The van der Waals surface area contributed by atoms with Gasteiger partial charge in [-0.1, -0.05) is 0 Å². The number of nitrogens with zero attached hydrogens (tertiary/aromatic N) is 1. The highest BCUT2D eigenvalue weighted by Gasteiger charge is 2.10. The second kappa shape index (κ2) is 5.01. The van der Waals surface area contributed by atoms with E-state index in [9.17, 15) is 8.42 Å². The number of aromatic nitrogens is 1. The van der Waals surface area contributed by atoms with Crippen LogP contribution in [0.25, 0.3) is 10.2 Å². The van der Waals surface area contributed by atoms with Crippen LogP contribution < -0.4 is 10.5 Å². The molecule has 1 aromatic heterocycles. The Kier molecular flexibility index (Phi) is 3.30. The van der Waals surface area contributed by atoms with Gasteiger partial charge in [0.2, 0.25) is 0 Å². The molecule has 5 nitrogen and oxygen atoms in total. The highest BCUT2D eigenvalue weighted by molar-refractivity contribution is 7.90. The average Bonchev–Trinajstić information content (AvgIpc) is 2.91. The number of ether oxygens (including phenoxy) is 1. The predicted octanol–water partition coefficient (Wildman–Crippen LogP) is 3.07. The summed E-state index contributed by atoms with van der Waals surface area (Å²) in [5, 5.41) is 0. The van der Waals surface area contributed by atoms with E-state index >= 15 is 0 Å². The summed E-state index contributed by atoms with van der Waals surface area (Å²) >= 11 is 1.51. The zero-order valence-corrected chi connectivity index (χ0v) is 12.7. The van der Waals surface area contributed by atoms with E-state index in [-0.39, 0.29) is 4.90 Å². The molecule has 0 aliphatic carbocycles. The van der Waals surface area contributed by atoms with E-state index in [1.54, 1.807) is 23.7 Å². The number of anilines is 1. The minimum atomic E-state index is -3.21. The number of hydrogen-bond acceptors (Lipinski definition) is 6. The maximum absolute atomic E-state index is 11.4. The maximum Gasteiger partial charge on any atom is 0.175 e. The van der Waals surface area contributed by atoms with Gasteiger partial charge >= 0.3 is 0 Å². The first kappa shape index (κ1) is 13.8. The fraction of sp³-hybridized carbons (Fsp3) is 0.0714. The zero-order chi connectivity index (χ0) is 15.0. The van der Waals surface area contributed by atoms with Crippen molar-refractivity contribution in [1.29, 1.82) is 0 Å². The first-order valence-electron chi connectivity index (χ1n) is 6.05. The lowest BCUT2D eigenvalue weighted by atomic mass is 10.2. The number of rotatable bonds is 3. The summed E-state index contributed by atoms with van der Waals surface area (Å²) in [6.07, 6.45) is 1.16. The van der Waals surface area contributed by atoms with Crippen LogP contribution in [-0.4, -0.2) is 19.7 Å². The van der Waals surface area contributed by atoms with Crippen molar-refractivity contribution >= 4 is 37.1 Å². The third kappa shape index (κ3) is 2.70. The summed E-state index contributed by atoms with van der Waals surface area (Å²) in [5.41, 5.74) is 8.95. The van der Waals surface area contributed by atoms with Crippen LogP contribution >= 0.6 is 11.3 Å². The third-order valence-electron chi connectivity index (χ3n) is 2.98. The lowest BCUT2D eigenvalue weighted by molar-refractivity contribution is 0.485. The molecule has 0 atom stereocenters. The maximum atomic E-state index is 11.4. The topological polar surface area (TPSA) is 82.3 Å². The van der Waals surface area contributed by atoms with E-state index < -0.39 is 9.84 Å². The standard InChI is InChI=1S/C14H12N2O3S2/c1-21(17,18)10-4-2-9(3-5-10)19-11-6-7-12-14(13(11)15)16-8-20-12/h2-8H,15H2,1H3. The Bertz CT molecular complexity index is 900. The number of benzene rings is 2. The number of nitrogens with two attached hydrogens (primary N) is 1. The van der Waals surface area contributed by atoms with Gasteiger partial charge in [0.1, 0.15) is 17.0 Å². The lowest BCUT2D eigenvalue weighted by Crippen LogP contribution is -1.97. The Morgan fingerprint density at radius 3 is 2.52 bits per heavy atom. The first-order valence-corrected chi connectivity index (χ1v) is 8.82. The molecule has 0 aliphatic rings. The van der Waals surface area contributed by atoms with Crippen LogP contribution in [0.5, 0.6) is 11.5 Å². The highest BCUT2D eigenvalue weighted by atomic mass is 32.2. The monoisotopic (exact) mass is 320 g/mol. The van der Waals surface area contributed by atoms with Crippen molar-refractivity contribution in [3.05, 3.63) is 41.9 Å². The summed E-state index contributed by atoms with van der Waals surface area (Å²) in [6.45, 7) is 0. The predicted molar refractivity (Wildman–Crippen MR) is 83.7 cm³/mol. The molecular formula is C14H12N2O3S2. The summed E-state index contributed by atoms with van der Waals surface area (Å²) in [4.78, 5) is 4.45. The van der Waals surface area contributed by atoms with Crippen molar-refractivity contribution in [2.45, 2.75) is 4.90 Å². The number of fused-ring (bicyclic) bond motifs is 1. The summed E-state index contributed by atoms with van der Waals surface area (Å²) in [7, 11) is -3.21. The van der Waals surface area contributed by atoms with Crippen LogP contribution in [0.2, 0.25) is 0 Å². The summed E-state index contributed by atoms with van der Waals surface area (Å²) in [6, 6.07) is 9.87. The fourth-order valence-corrected chi connectivity index (χ4v) is 3.23. The smallest absolute Gasteiger partial charge is 0.175 e. The van der Waals surface area contributed by atoms with Crippen LogP contribution in [0.4, 0.5) is 5.69 Å². The van der Waals surface area contributed by atoms with Gasteiger partial charge in [-0.05, 0) is 36.4 Å². The number of nitrogen functional groups attached to an aromatic ring is 1.